The molecule has 1 heterocycles. The molecule has 112 valence electrons. The number of hydrogen-bond donors (Lipinski definition) is 0. The molecule has 0 saturated heterocycles. The molecular formula is C21H19N2+. The Hall–Kier alpha value is -2.87. The summed E-state index contributed by atoms with van der Waals surface area (Å²) < 4.78 is 2.32. The standard InChI is InChI=1S/C21H19N2/c1-17-9-5-7-13-20(17)22-15-18-10-6-8-14-21(18)23(16-22)19-11-3-2-4-12-19/h2-15H,16H2,1H3/q+1. The number of anilines is 2. The van der Waals surface area contributed by atoms with Gasteiger partial charge in [-0.15, -0.1) is 0 Å². The van der Waals surface area contributed by atoms with Gasteiger partial charge in [0.25, 0.3) is 0 Å². The van der Waals surface area contributed by atoms with Crippen molar-refractivity contribution in [3.8, 4) is 0 Å². The van der Waals surface area contributed by atoms with E-state index in [1.807, 2.05) is 0 Å². The van der Waals surface area contributed by atoms with Crippen LogP contribution in [0.4, 0.5) is 17.1 Å². The summed E-state index contributed by atoms with van der Waals surface area (Å²) in [5.41, 5.74) is 6.25. The van der Waals surface area contributed by atoms with Gasteiger partial charge in [0.2, 0.25) is 12.4 Å². The van der Waals surface area contributed by atoms with Crippen molar-refractivity contribution in [2.24, 2.45) is 0 Å². The molecule has 2 nitrogen and oxygen atoms in total. The van der Waals surface area contributed by atoms with E-state index in [0.717, 1.165) is 6.67 Å². The smallest absolute Gasteiger partial charge is 0.228 e. The number of fused-ring (bicyclic) bond motifs is 1. The first kappa shape index (κ1) is 13.8. The van der Waals surface area contributed by atoms with Crippen molar-refractivity contribution in [3.05, 3.63) is 90.0 Å². The molecule has 3 aromatic carbocycles. The highest BCUT2D eigenvalue weighted by Gasteiger charge is 2.25. The van der Waals surface area contributed by atoms with Crippen molar-refractivity contribution in [1.82, 2.24) is 0 Å². The van der Waals surface area contributed by atoms with Crippen LogP contribution in [-0.4, -0.2) is 17.5 Å². The van der Waals surface area contributed by atoms with Crippen molar-refractivity contribution in [1.29, 1.82) is 0 Å². The lowest BCUT2D eigenvalue weighted by Crippen LogP contribution is -2.32. The van der Waals surface area contributed by atoms with Gasteiger partial charge in [0, 0.05) is 17.3 Å². The number of rotatable bonds is 2. The zero-order valence-corrected chi connectivity index (χ0v) is 13.2. The molecular weight excluding hydrogens is 280 g/mol. The van der Waals surface area contributed by atoms with Gasteiger partial charge in [0.05, 0.1) is 11.3 Å². The second-order valence-electron chi connectivity index (χ2n) is 5.85. The summed E-state index contributed by atoms with van der Waals surface area (Å²) in [6, 6.07) is 27.7. The highest BCUT2D eigenvalue weighted by molar-refractivity contribution is 5.89. The Morgan fingerprint density at radius 2 is 1.48 bits per heavy atom. The van der Waals surface area contributed by atoms with Gasteiger partial charge in [0.15, 0.2) is 6.21 Å². The lowest BCUT2D eigenvalue weighted by atomic mass is 10.1. The highest BCUT2D eigenvalue weighted by Crippen LogP contribution is 2.32. The van der Waals surface area contributed by atoms with Crippen molar-refractivity contribution in [3.63, 3.8) is 0 Å². The van der Waals surface area contributed by atoms with Crippen LogP contribution in [0.3, 0.4) is 0 Å². The van der Waals surface area contributed by atoms with E-state index in [1.165, 1.54) is 28.2 Å². The van der Waals surface area contributed by atoms with Crippen LogP contribution < -0.4 is 4.90 Å². The molecule has 0 saturated carbocycles. The molecule has 0 N–H and O–H groups in total. The van der Waals surface area contributed by atoms with Crippen molar-refractivity contribution in [2.45, 2.75) is 6.92 Å². The third-order valence-electron chi connectivity index (χ3n) is 4.31. The van der Waals surface area contributed by atoms with E-state index in [0.29, 0.717) is 0 Å². The average molecular weight is 299 g/mol. The first-order valence-corrected chi connectivity index (χ1v) is 7.92. The Morgan fingerprint density at radius 3 is 2.30 bits per heavy atom. The maximum Gasteiger partial charge on any atom is 0.228 e. The molecule has 0 radical (unpaired) electrons. The Morgan fingerprint density at radius 1 is 0.783 bits per heavy atom. The minimum absolute atomic E-state index is 0.811. The number of nitrogens with zero attached hydrogens (tertiary/aromatic N) is 2. The Kier molecular flexibility index (Phi) is 3.43. The maximum absolute atomic E-state index is 2.36. The molecule has 0 spiro atoms. The van der Waals surface area contributed by atoms with Gasteiger partial charge in [-0.25, -0.2) is 0 Å². The number of aryl methyl sites for hydroxylation is 1. The molecule has 0 aliphatic carbocycles. The lowest BCUT2D eigenvalue weighted by molar-refractivity contribution is -0.434. The predicted molar refractivity (Wildman–Crippen MR) is 96.2 cm³/mol. The molecule has 4 rings (SSSR count). The predicted octanol–water partition coefficient (Wildman–Crippen LogP) is 4.87. The molecule has 0 amide bonds. The monoisotopic (exact) mass is 299 g/mol. The molecule has 0 fully saturated rings. The van der Waals surface area contributed by atoms with Crippen LogP contribution in [0, 0.1) is 6.92 Å². The second kappa shape index (κ2) is 5.73. The summed E-state index contributed by atoms with van der Waals surface area (Å²) in [5, 5.41) is 0. The summed E-state index contributed by atoms with van der Waals surface area (Å²) in [5.74, 6) is 0. The molecule has 0 unspecified atom stereocenters. The van der Waals surface area contributed by atoms with E-state index in [2.05, 4.69) is 101 Å². The minimum atomic E-state index is 0.811. The summed E-state index contributed by atoms with van der Waals surface area (Å²) in [6.07, 6.45) is 2.25. The van der Waals surface area contributed by atoms with E-state index < -0.39 is 0 Å². The fourth-order valence-electron chi connectivity index (χ4n) is 3.14. The topological polar surface area (TPSA) is 6.25 Å². The van der Waals surface area contributed by atoms with Crippen LogP contribution in [0.15, 0.2) is 78.9 Å². The number of benzene rings is 3. The zero-order valence-electron chi connectivity index (χ0n) is 13.2. The summed E-state index contributed by atoms with van der Waals surface area (Å²) in [7, 11) is 0. The fraction of sp³-hybridized carbons (Fsp3) is 0.0952. The third-order valence-corrected chi connectivity index (χ3v) is 4.31. The molecule has 23 heavy (non-hydrogen) atoms. The minimum Gasteiger partial charge on any atom is -0.285 e. The largest absolute Gasteiger partial charge is 0.285 e. The van der Waals surface area contributed by atoms with Crippen LogP contribution >= 0.6 is 0 Å². The number of hydrogen-bond acceptors (Lipinski definition) is 1. The van der Waals surface area contributed by atoms with Gasteiger partial charge in [-0.2, -0.15) is 4.58 Å². The molecule has 0 bridgehead atoms. The van der Waals surface area contributed by atoms with E-state index in [1.54, 1.807) is 0 Å². The molecule has 1 aliphatic rings. The lowest BCUT2D eigenvalue weighted by Gasteiger charge is -2.27. The molecule has 0 aromatic heterocycles. The molecule has 1 aliphatic heterocycles. The van der Waals surface area contributed by atoms with Crippen molar-refractivity contribution >= 4 is 23.3 Å². The third kappa shape index (κ3) is 2.53. The Balaban J connectivity index is 1.86. The van der Waals surface area contributed by atoms with Crippen LogP contribution in [0.1, 0.15) is 11.1 Å². The van der Waals surface area contributed by atoms with Crippen molar-refractivity contribution in [2.75, 3.05) is 11.6 Å². The molecule has 2 heteroatoms. The summed E-state index contributed by atoms with van der Waals surface area (Å²) >= 11 is 0. The van der Waals surface area contributed by atoms with Crippen LogP contribution in [0.5, 0.6) is 0 Å². The Bertz CT molecular complexity index is 866. The van der Waals surface area contributed by atoms with Gasteiger partial charge in [-0.1, -0.05) is 48.5 Å². The fourth-order valence-corrected chi connectivity index (χ4v) is 3.14. The number of para-hydroxylation sites is 3. The van der Waals surface area contributed by atoms with Gasteiger partial charge in [0.1, 0.15) is 0 Å². The van der Waals surface area contributed by atoms with Crippen LogP contribution in [0.25, 0.3) is 0 Å². The highest BCUT2D eigenvalue weighted by atomic mass is 15.3. The normalized spacial score (nSPS) is 13.4. The summed E-state index contributed by atoms with van der Waals surface area (Å²) in [4.78, 5) is 2.36. The second-order valence-corrected chi connectivity index (χ2v) is 5.85. The molecule has 0 atom stereocenters. The van der Waals surface area contributed by atoms with Crippen molar-refractivity contribution < 1.29 is 4.58 Å². The van der Waals surface area contributed by atoms with E-state index >= 15 is 0 Å². The SMILES string of the molecule is Cc1ccccc1[N+]1=Cc2ccccc2N(c2ccccc2)C1. The average Bonchev–Trinajstić information content (AvgIpc) is 2.62. The van der Waals surface area contributed by atoms with Gasteiger partial charge in [-0.05, 0) is 31.2 Å². The van der Waals surface area contributed by atoms with Crippen LogP contribution in [-0.2, 0) is 0 Å². The first-order valence-electron chi connectivity index (χ1n) is 7.92. The van der Waals surface area contributed by atoms with E-state index in [4.69, 9.17) is 0 Å². The summed E-state index contributed by atoms with van der Waals surface area (Å²) in [6.45, 7) is 2.97. The van der Waals surface area contributed by atoms with E-state index in [-0.39, 0.29) is 0 Å². The first-order chi connectivity index (χ1) is 11.3. The maximum atomic E-state index is 2.36. The van der Waals surface area contributed by atoms with Crippen LogP contribution in [0.2, 0.25) is 0 Å². The van der Waals surface area contributed by atoms with Gasteiger partial charge >= 0.3 is 0 Å². The quantitative estimate of drug-likeness (QED) is 0.612. The van der Waals surface area contributed by atoms with E-state index in [9.17, 15) is 0 Å². The zero-order chi connectivity index (χ0) is 15.6. The molecule has 3 aromatic rings. The van der Waals surface area contributed by atoms with Gasteiger partial charge in [-0.3, -0.25) is 4.90 Å². The Labute approximate surface area is 136 Å². The van der Waals surface area contributed by atoms with Gasteiger partial charge < -0.3 is 0 Å².